The van der Waals surface area contributed by atoms with Crippen molar-refractivity contribution >= 4 is 0 Å². The first kappa shape index (κ1) is 12.1. The minimum absolute atomic E-state index is 0.483. The molecule has 0 aromatic carbocycles. The first-order valence-corrected chi connectivity index (χ1v) is 7.15. The monoisotopic (exact) mass is 245 g/mol. The second-order valence-corrected chi connectivity index (χ2v) is 5.80. The van der Waals surface area contributed by atoms with E-state index in [4.69, 9.17) is 0 Å². The molecule has 2 aliphatic heterocycles. The Morgan fingerprint density at radius 2 is 2.28 bits per heavy atom. The molecule has 1 aromatic heterocycles. The largest absolute Gasteiger partial charge is 0.298 e. The predicted octanol–water partition coefficient (Wildman–Crippen LogP) is 2.31. The van der Waals surface area contributed by atoms with Crippen LogP contribution in [0.25, 0.3) is 0 Å². The summed E-state index contributed by atoms with van der Waals surface area (Å²) in [6, 6.07) is 6.17. The lowest BCUT2D eigenvalue weighted by atomic mass is 10.0. The third-order valence-corrected chi connectivity index (χ3v) is 4.65. The Bertz CT molecular complexity index is 392. The van der Waals surface area contributed by atoms with Crippen molar-refractivity contribution in [2.24, 2.45) is 0 Å². The third kappa shape index (κ3) is 2.17. The van der Waals surface area contributed by atoms with E-state index in [1.54, 1.807) is 0 Å². The van der Waals surface area contributed by atoms with E-state index < -0.39 is 0 Å². The van der Waals surface area contributed by atoms with Crippen LogP contribution >= 0.6 is 0 Å². The Hall–Kier alpha value is -0.930. The number of hydrogen-bond donors (Lipinski definition) is 0. The van der Waals surface area contributed by atoms with E-state index in [1.165, 1.54) is 38.0 Å². The number of piperazine rings is 1. The van der Waals surface area contributed by atoms with Crippen LogP contribution in [0.4, 0.5) is 0 Å². The van der Waals surface area contributed by atoms with Crippen LogP contribution in [-0.2, 0) is 0 Å². The molecule has 2 aliphatic rings. The molecule has 3 nitrogen and oxygen atoms in total. The average molecular weight is 245 g/mol. The topological polar surface area (TPSA) is 19.4 Å². The normalized spacial score (nSPS) is 31.2. The average Bonchev–Trinajstić information content (AvgIpc) is 2.85. The minimum atomic E-state index is 0.483. The standard InChI is InChI=1S/C15H23N3/c1-12-10-17-8-4-6-15(17)11-18(12)13(2)14-5-3-7-16-9-14/h3,5,7,9,12-13,15H,4,6,8,10-11H2,1-2H3. The van der Waals surface area contributed by atoms with Crippen LogP contribution in [0.3, 0.4) is 0 Å². The van der Waals surface area contributed by atoms with Crippen molar-refractivity contribution in [2.75, 3.05) is 19.6 Å². The Kier molecular flexibility index (Phi) is 3.35. The lowest BCUT2D eigenvalue weighted by molar-refractivity contribution is 0.0325. The van der Waals surface area contributed by atoms with Crippen molar-refractivity contribution in [1.82, 2.24) is 14.8 Å². The lowest BCUT2D eigenvalue weighted by Gasteiger charge is -2.45. The molecule has 3 heterocycles. The van der Waals surface area contributed by atoms with Crippen LogP contribution in [0.2, 0.25) is 0 Å². The molecule has 0 bridgehead atoms. The highest BCUT2D eigenvalue weighted by Crippen LogP contribution is 2.30. The van der Waals surface area contributed by atoms with Gasteiger partial charge in [0.05, 0.1) is 0 Å². The molecule has 0 aliphatic carbocycles. The SMILES string of the molecule is CC1CN2CCCC2CN1C(C)c1cccnc1. The molecule has 0 saturated carbocycles. The third-order valence-electron chi connectivity index (χ3n) is 4.65. The first-order chi connectivity index (χ1) is 8.75. The number of rotatable bonds is 2. The minimum Gasteiger partial charge on any atom is -0.298 e. The van der Waals surface area contributed by atoms with Crippen LogP contribution in [-0.4, -0.2) is 46.5 Å². The number of aromatic nitrogens is 1. The van der Waals surface area contributed by atoms with Gasteiger partial charge in [0.15, 0.2) is 0 Å². The maximum Gasteiger partial charge on any atom is 0.0339 e. The predicted molar refractivity (Wildman–Crippen MR) is 73.4 cm³/mol. The highest BCUT2D eigenvalue weighted by atomic mass is 15.3. The van der Waals surface area contributed by atoms with E-state index in [1.807, 2.05) is 18.5 Å². The number of hydrogen-bond acceptors (Lipinski definition) is 3. The zero-order valence-electron chi connectivity index (χ0n) is 11.4. The van der Waals surface area contributed by atoms with E-state index in [0.717, 1.165) is 6.04 Å². The molecule has 0 N–H and O–H groups in total. The van der Waals surface area contributed by atoms with Crippen LogP contribution < -0.4 is 0 Å². The van der Waals surface area contributed by atoms with Gasteiger partial charge in [-0.1, -0.05) is 6.07 Å². The summed E-state index contributed by atoms with van der Waals surface area (Å²) in [4.78, 5) is 9.59. The van der Waals surface area contributed by atoms with Crippen LogP contribution in [0.15, 0.2) is 24.5 Å². The van der Waals surface area contributed by atoms with Crippen molar-refractivity contribution in [3.63, 3.8) is 0 Å². The summed E-state index contributed by atoms with van der Waals surface area (Å²) in [5, 5.41) is 0. The lowest BCUT2D eigenvalue weighted by Crippen LogP contribution is -2.55. The van der Waals surface area contributed by atoms with Crippen LogP contribution in [0.5, 0.6) is 0 Å². The molecule has 0 radical (unpaired) electrons. The molecule has 98 valence electrons. The summed E-state index contributed by atoms with van der Waals surface area (Å²) < 4.78 is 0. The molecule has 2 fully saturated rings. The van der Waals surface area contributed by atoms with E-state index in [9.17, 15) is 0 Å². The number of pyridine rings is 1. The van der Waals surface area contributed by atoms with Gasteiger partial charge in [-0.25, -0.2) is 0 Å². The van der Waals surface area contributed by atoms with Gasteiger partial charge in [-0.2, -0.15) is 0 Å². The second kappa shape index (κ2) is 4.98. The van der Waals surface area contributed by atoms with Crippen LogP contribution in [0, 0.1) is 0 Å². The summed E-state index contributed by atoms with van der Waals surface area (Å²) in [5.74, 6) is 0. The first-order valence-electron chi connectivity index (χ1n) is 7.15. The zero-order valence-corrected chi connectivity index (χ0v) is 11.4. The molecule has 3 rings (SSSR count). The maximum absolute atomic E-state index is 4.26. The van der Waals surface area contributed by atoms with Gasteiger partial charge < -0.3 is 0 Å². The fourth-order valence-electron chi connectivity index (χ4n) is 3.56. The molecule has 3 heteroatoms. The van der Waals surface area contributed by atoms with Gasteiger partial charge >= 0.3 is 0 Å². The Morgan fingerprint density at radius 1 is 1.39 bits per heavy atom. The summed E-state index contributed by atoms with van der Waals surface area (Å²) in [5.41, 5.74) is 1.34. The van der Waals surface area contributed by atoms with Gasteiger partial charge in [-0.05, 0) is 44.9 Å². The highest BCUT2D eigenvalue weighted by molar-refractivity contribution is 5.14. The van der Waals surface area contributed by atoms with E-state index >= 15 is 0 Å². The van der Waals surface area contributed by atoms with Gasteiger partial charge in [0.1, 0.15) is 0 Å². The fourth-order valence-corrected chi connectivity index (χ4v) is 3.56. The summed E-state index contributed by atoms with van der Waals surface area (Å²) in [6.07, 6.45) is 6.63. The molecule has 2 saturated heterocycles. The van der Waals surface area contributed by atoms with Gasteiger partial charge in [0, 0.05) is 43.6 Å². The summed E-state index contributed by atoms with van der Waals surface area (Å²) in [7, 11) is 0. The van der Waals surface area contributed by atoms with Crippen molar-refractivity contribution in [2.45, 2.75) is 44.8 Å². The Balaban J connectivity index is 1.75. The fraction of sp³-hybridized carbons (Fsp3) is 0.667. The van der Waals surface area contributed by atoms with Crippen LogP contribution in [0.1, 0.15) is 38.3 Å². The van der Waals surface area contributed by atoms with Crippen molar-refractivity contribution in [3.8, 4) is 0 Å². The van der Waals surface area contributed by atoms with Gasteiger partial charge in [0.25, 0.3) is 0 Å². The maximum atomic E-state index is 4.26. The number of fused-ring (bicyclic) bond motifs is 1. The molecular weight excluding hydrogens is 222 g/mol. The van der Waals surface area contributed by atoms with E-state index in [-0.39, 0.29) is 0 Å². The Labute approximate surface area is 110 Å². The van der Waals surface area contributed by atoms with E-state index in [0.29, 0.717) is 12.1 Å². The quantitative estimate of drug-likeness (QED) is 0.797. The highest BCUT2D eigenvalue weighted by Gasteiger charge is 2.36. The second-order valence-electron chi connectivity index (χ2n) is 5.80. The molecule has 3 unspecified atom stereocenters. The molecule has 1 aromatic rings. The van der Waals surface area contributed by atoms with Gasteiger partial charge in [-0.15, -0.1) is 0 Å². The molecule has 0 amide bonds. The van der Waals surface area contributed by atoms with Crippen molar-refractivity contribution in [3.05, 3.63) is 30.1 Å². The summed E-state index contributed by atoms with van der Waals surface area (Å²) >= 11 is 0. The smallest absolute Gasteiger partial charge is 0.0339 e. The Morgan fingerprint density at radius 3 is 3.06 bits per heavy atom. The van der Waals surface area contributed by atoms with Gasteiger partial charge in [-0.3, -0.25) is 14.8 Å². The van der Waals surface area contributed by atoms with Gasteiger partial charge in [0.2, 0.25) is 0 Å². The zero-order chi connectivity index (χ0) is 12.5. The van der Waals surface area contributed by atoms with Crippen molar-refractivity contribution < 1.29 is 0 Å². The van der Waals surface area contributed by atoms with E-state index in [2.05, 4.69) is 34.7 Å². The molecule has 3 atom stereocenters. The molecule has 18 heavy (non-hydrogen) atoms. The summed E-state index contributed by atoms with van der Waals surface area (Å²) in [6.45, 7) is 8.44. The van der Waals surface area contributed by atoms with Crippen molar-refractivity contribution in [1.29, 1.82) is 0 Å². The number of nitrogens with zero attached hydrogens (tertiary/aromatic N) is 3. The molecular formula is C15H23N3. The molecule has 0 spiro atoms.